The average Bonchev–Trinajstić information content (AvgIpc) is 2.91. The number of nitrogens with one attached hydrogen (secondary N) is 2. The predicted molar refractivity (Wildman–Crippen MR) is 100 cm³/mol. The largest absolute Gasteiger partial charge is 0.355 e. The molecule has 2 aromatic rings. The van der Waals surface area contributed by atoms with E-state index in [1.54, 1.807) is 0 Å². The molecule has 0 saturated heterocycles. The summed E-state index contributed by atoms with van der Waals surface area (Å²) < 4.78 is 0. The van der Waals surface area contributed by atoms with Crippen LogP contribution < -0.4 is 10.6 Å². The van der Waals surface area contributed by atoms with Gasteiger partial charge in [-0.25, -0.2) is 0 Å². The van der Waals surface area contributed by atoms with E-state index in [-0.39, 0.29) is 18.2 Å². The zero-order chi connectivity index (χ0) is 18.0. The molecule has 0 radical (unpaired) electrons. The van der Waals surface area contributed by atoms with Gasteiger partial charge in [-0.15, -0.1) is 0 Å². The monoisotopic (exact) mass is 336 g/mol. The molecule has 1 aliphatic carbocycles. The Morgan fingerprint density at radius 2 is 1.72 bits per heavy atom. The fraction of sp³-hybridized carbons (Fsp3) is 0.333. The Bertz CT molecular complexity index is 819. The van der Waals surface area contributed by atoms with Crippen LogP contribution in [0.2, 0.25) is 0 Å². The van der Waals surface area contributed by atoms with Crippen LogP contribution in [0.15, 0.2) is 42.5 Å². The first-order chi connectivity index (χ1) is 11.8. The maximum Gasteiger partial charge on any atom is 0.226 e. The summed E-state index contributed by atoms with van der Waals surface area (Å²) in [5.41, 5.74) is 5.45. The number of anilines is 1. The molecule has 130 valence electrons. The predicted octanol–water partition coefficient (Wildman–Crippen LogP) is 3.75. The van der Waals surface area contributed by atoms with Gasteiger partial charge in [0.15, 0.2) is 0 Å². The molecule has 1 aliphatic rings. The third-order valence-corrected chi connectivity index (χ3v) is 4.40. The van der Waals surface area contributed by atoms with E-state index in [1.807, 2.05) is 32.9 Å². The number of amides is 2. The molecule has 2 aromatic carbocycles. The van der Waals surface area contributed by atoms with E-state index in [2.05, 4.69) is 41.0 Å². The number of fused-ring (bicyclic) bond motifs is 3. The fourth-order valence-electron chi connectivity index (χ4n) is 3.00. The number of carbonyl (C=O) groups excluding carboxylic acids is 2. The van der Waals surface area contributed by atoms with Crippen molar-refractivity contribution in [1.82, 2.24) is 5.32 Å². The third kappa shape index (κ3) is 3.90. The van der Waals surface area contributed by atoms with E-state index in [1.165, 1.54) is 22.3 Å². The zero-order valence-electron chi connectivity index (χ0n) is 15.0. The summed E-state index contributed by atoms with van der Waals surface area (Å²) in [5, 5.41) is 5.71. The van der Waals surface area contributed by atoms with Gasteiger partial charge in [0.05, 0.1) is 0 Å². The highest BCUT2D eigenvalue weighted by Crippen LogP contribution is 2.37. The highest BCUT2D eigenvalue weighted by molar-refractivity contribution is 5.92. The van der Waals surface area contributed by atoms with Crippen molar-refractivity contribution in [3.63, 3.8) is 0 Å². The normalized spacial score (nSPS) is 12.3. The standard InChI is InChI=1S/C21H24N2O2/c1-21(2,3)20(25)22-11-10-19(24)23-16-8-9-18-15(13-16)12-14-6-4-5-7-17(14)18/h4-9,13H,10-12H2,1-3H3,(H,22,25)(H,23,24). The Morgan fingerprint density at radius 3 is 2.48 bits per heavy atom. The Labute approximate surface area is 148 Å². The van der Waals surface area contributed by atoms with Crippen molar-refractivity contribution in [2.75, 3.05) is 11.9 Å². The van der Waals surface area contributed by atoms with Gasteiger partial charge in [-0.2, -0.15) is 0 Å². The molecular formula is C21H24N2O2. The van der Waals surface area contributed by atoms with Crippen LogP contribution in [0.3, 0.4) is 0 Å². The van der Waals surface area contributed by atoms with Crippen molar-refractivity contribution in [3.05, 3.63) is 53.6 Å². The van der Waals surface area contributed by atoms with Crippen molar-refractivity contribution >= 4 is 17.5 Å². The van der Waals surface area contributed by atoms with Gasteiger partial charge in [0.1, 0.15) is 0 Å². The zero-order valence-corrected chi connectivity index (χ0v) is 15.0. The van der Waals surface area contributed by atoms with Gasteiger partial charge >= 0.3 is 0 Å². The molecule has 0 saturated carbocycles. The topological polar surface area (TPSA) is 58.2 Å². The minimum absolute atomic E-state index is 0.0457. The van der Waals surface area contributed by atoms with Crippen molar-refractivity contribution < 1.29 is 9.59 Å². The lowest BCUT2D eigenvalue weighted by molar-refractivity contribution is -0.128. The fourth-order valence-corrected chi connectivity index (χ4v) is 3.00. The van der Waals surface area contributed by atoms with Crippen molar-refractivity contribution in [2.45, 2.75) is 33.6 Å². The second kappa shape index (κ2) is 6.71. The highest BCUT2D eigenvalue weighted by Gasteiger charge is 2.21. The molecule has 0 aliphatic heterocycles. The summed E-state index contributed by atoms with van der Waals surface area (Å²) in [7, 11) is 0. The Kier molecular flexibility index (Phi) is 4.62. The minimum Gasteiger partial charge on any atom is -0.355 e. The molecule has 2 amide bonds. The second-order valence-electron chi connectivity index (χ2n) is 7.51. The molecular weight excluding hydrogens is 312 g/mol. The maximum atomic E-state index is 12.1. The number of hydrogen-bond acceptors (Lipinski definition) is 2. The van der Waals surface area contributed by atoms with E-state index in [9.17, 15) is 9.59 Å². The van der Waals surface area contributed by atoms with Gasteiger partial charge in [-0.3, -0.25) is 9.59 Å². The second-order valence-corrected chi connectivity index (χ2v) is 7.51. The molecule has 0 fully saturated rings. The van der Waals surface area contributed by atoms with Gasteiger partial charge in [0.2, 0.25) is 11.8 Å². The molecule has 25 heavy (non-hydrogen) atoms. The first-order valence-corrected chi connectivity index (χ1v) is 8.64. The maximum absolute atomic E-state index is 12.1. The lowest BCUT2D eigenvalue weighted by Gasteiger charge is -2.17. The van der Waals surface area contributed by atoms with Gasteiger partial charge in [0.25, 0.3) is 0 Å². The van der Waals surface area contributed by atoms with E-state index < -0.39 is 5.41 Å². The molecule has 0 atom stereocenters. The lowest BCUT2D eigenvalue weighted by atomic mass is 9.96. The SMILES string of the molecule is CC(C)(C)C(=O)NCCC(=O)Nc1ccc2c(c1)Cc1ccccc1-2. The van der Waals surface area contributed by atoms with Crippen molar-refractivity contribution in [1.29, 1.82) is 0 Å². The summed E-state index contributed by atoms with van der Waals surface area (Å²) >= 11 is 0. The smallest absolute Gasteiger partial charge is 0.226 e. The van der Waals surface area contributed by atoms with E-state index in [4.69, 9.17) is 0 Å². The first kappa shape index (κ1) is 17.2. The Morgan fingerprint density at radius 1 is 1.00 bits per heavy atom. The van der Waals surface area contributed by atoms with Gasteiger partial charge in [-0.1, -0.05) is 51.1 Å². The number of hydrogen-bond donors (Lipinski definition) is 2. The van der Waals surface area contributed by atoms with Crippen LogP contribution in [-0.4, -0.2) is 18.4 Å². The molecule has 4 nitrogen and oxygen atoms in total. The number of rotatable bonds is 4. The molecule has 4 heteroatoms. The quantitative estimate of drug-likeness (QED) is 0.762. The summed E-state index contributed by atoms with van der Waals surface area (Å²) in [6, 6.07) is 14.4. The van der Waals surface area contributed by atoms with E-state index >= 15 is 0 Å². The summed E-state index contributed by atoms with van der Waals surface area (Å²) in [6.45, 7) is 5.90. The van der Waals surface area contributed by atoms with Crippen LogP contribution in [0.25, 0.3) is 11.1 Å². The highest BCUT2D eigenvalue weighted by atomic mass is 16.2. The van der Waals surface area contributed by atoms with Crippen LogP contribution >= 0.6 is 0 Å². The van der Waals surface area contributed by atoms with Gasteiger partial charge < -0.3 is 10.6 Å². The van der Waals surface area contributed by atoms with Crippen molar-refractivity contribution in [2.24, 2.45) is 5.41 Å². The molecule has 2 N–H and O–H groups in total. The van der Waals surface area contributed by atoms with Crippen LogP contribution in [-0.2, 0) is 16.0 Å². The summed E-state index contributed by atoms with van der Waals surface area (Å²) in [4.78, 5) is 23.9. The third-order valence-electron chi connectivity index (χ3n) is 4.40. The molecule has 0 unspecified atom stereocenters. The van der Waals surface area contributed by atoms with Crippen LogP contribution in [0.1, 0.15) is 38.3 Å². The lowest BCUT2D eigenvalue weighted by Crippen LogP contribution is -2.36. The number of carbonyl (C=O) groups is 2. The van der Waals surface area contributed by atoms with E-state index in [0.717, 1.165) is 12.1 Å². The summed E-state index contributed by atoms with van der Waals surface area (Å²) in [5.74, 6) is -0.139. The molecule has 0 spiro atoms. The van der Waals surface area contributed by atoms with Crippen molar-refractivity contribution in [3.8, 4) is 11.1 Å². The van der Waals surface area contributed by atoms with Crippen LogP contribution in [0.4, 0.5) is 5.69 Å². The first-order valence-electron chi connectivity index (χ1n) is 8.64. The Balaban J connectivity index is 1.57. The molecule has 0 aromatic heterocycles. The van der Waals surface area contributed by atoms with E-state index in [0.29, 0.717) is 6.54 Å². The molecule has 0 bridgehead atoms. The van der Waals surface area contributed by atoms with Gasteiger partial charge in [0, 0.05) is 24.1 Å². The minimum atomic E-state index is -0.439. The average molecular weight is 336 g/mol. The molecule has 3 rings (SSSR count). The molecule has 0 heterocycles. The van der Waals surface area contributed by atoms with Crippen LogP contribution in [0.5, 0.6) is 0 Å². The number of benzene rings is 2. The van der Waals surface area contributed by atoms with Crippen LogP contribution in [0, 0.1) is 5.41 Å². The van der Waals surface area contributed by atoms with Gasteiger partial charge in [-0.05, 0) is 40.8 Å². The summed E-state index contributed by atoms with van der Waals surface area (Å²) in [6.07, 6.45) is 1.16. The Hall–Kier alpha value is -2.62.